The van der Waals surface area contributed by atoms with Crippen molar-refractivity contribution < 1.29 is 9.59 Å². The Balaban J connectivity index is 1.75. The normalized spacial score (nSPS) is 24.4. The quantitative estimate of drug-likeness (QED) is 0.850. The molecular weight excluding hydrogens is 318 g/mol. The molecule has 2 aliphatic rings. The van der Waals surface area contributed by atoms with Crippen LogP contribution in [0.3, 0.4) is 0 Å². The maximum absolute atomic E-state index is 12.5. The van der Waals surface area contributed by atoms with E-state index >= 15 is 0 Å². The molecule has 2 aliphatic heterocycles. The third-order valence-electron chi connectivity index (χ3n) is 4.78. The van der Waals surface area contributed by atoms with Crippen LogP contribution < -0.4 is 10.6 Å². The lowest BCUT2D eigenvalue weighted by Gasteiger charge is -2.33. The first kappa shape index (κ1) is 17.7. The van der Waals surface area contributed by atoms with Gasteiger partial charge in [-0.3, -0.25) is 14.7 Å². The van der Waals surface area contributed by atoms with Gasteiger partial charge in [-0.2, -0.15) is 0 Å². The summed E-state index contributed by atoms with van der Waals surface area (Å²) in [7, 11) is 0. The van der Waals surface area contributed by atoms with Gasteiger partial charge in [0.2, 0.25) is 5.91 Å². The van der Waals surface area contributed by atoms with E-state index in [1.807, 2.05) is 36.9 Å². The van der Waals surface area contributed by atoms with Crippen LogP contribution >= 0.6 is 0 Å². The molecule has 0 aliphatic carbocycles. The SMILES string of the molecule is CC(C)NC(=O)N1CCN(Cc2ccccn2)C[C@@]2(CNC(=O)C2)C1. The number of nitrogens with one attached hydrogen (secondary N) is 2. The molecule has 0 aromatic carbocycles. The summed E-state index contributed by atoms with van der Waals surface area (Å²) in [5.74, 6) is 0.0731. The van der Waals surface area contributed by atoms with Crippen molar-refractivity contribution in [1.29, 1.82) is 0 Å². The summed E-state index contributed by atoms with van der Waals surface area (Å²) in [6, 6.07) is 5.95. The molecule has 1 aromatic heterocycles. The Labute approximate surface area is 148 Å². The molecular formula is C18H27N5O2. The fourth-order valence-electron chi connectivity index (χ4n) is 3.69. The number of rotatable bonds is 3. The van der Waals surface area contributed by atoms with E-state index in [0.717, 1.165) is 25.3 Å². The maximum atomic E-state index is 12.5. The Hall–Kier alpha value is -2.15. The molecule has 1 atom stereocenters. The molecule has 3 amide bonds. The Morgan fingerprint density at radius 2 is 2.20 bits per heavy atom. The lowest BCUT2D eigenvalue weighted by Crippen LogP contribution is -2.48. The number of urea groups is 1. The third-order valence-corrected chi connectivity index (χ3v) is 4.78. The standard InChI is InChI=1S/C18H27N5O2/c1-14(2)21-17(25)23-8-7-22(10-15-5-3-4-6-19-15)12-18(13-23)9-16(24)20-11-18/h3-6,14H,7-13H2,1-2H3,(H,20,24)(H,21,25)/t18-/m1/s1. The zero-order valence-electron chi connectivity index (χ0n) is 15.0. The highest BCUT2D eigenvalue weighted by molar-refractivity contribution is 5.80. The van der Waals surface area contributed by atoms with Crippen molar-refractivity contribution in [3.05, 3.63) is 30.1 Å². The molecule has 25 heavy (non-hydrogen) atoms. The summed E-state index contributed by atoms with van der Waals surface area (Å²) in [5, 5.41) is 5.93. The fraction of sp³-hybridized carbons (Fsp3) is 0.611. The zero-order valence-corrected chi connectivity index (χ0v) is 15.0. The molecule has 0 saturated carbocycles. The van der Waals surface area contributed by atoms with E-state index in [4.69, 9.17) is 0 Å². The zero-order chi connectivity index (χ0) is 17.9. The van der Waals surface area contributed by atoms with Gasteiger partial charge in [-0.25, -0.2) is 4.79 Å². The predicted octanol–water partition coefficient (Wildman–Crippen LogP) is 0.824. The summed E-state index contributed by atoms with van der Waals surface area (Å²) >= 11 is 0. The summed E-state index contributed by atoms with van der Waals surface area (Å²) in [4.78, 5) is 33.0. The molecule has 3 heterocycles. The average Bonchev–Trinajstić information content (AvgIpc) is 2.81. The van der Waals surface area contributed by atoms with Gasteiger partial charge in [-0.1, -0.05) is 6.07 Å². The molecule has 2 N–H and O–H groups in total. The van der Waals surface area contributed by atoms with Gasteiger partial charge in [0.05, 0.1) is 5.69 Å². The number of aromatic nitrogens is 1. The maximum Gasteiger partial charge on any atom is 0.317 e. The molecule has 2 fully saturated rings. The van der Waals surface area contributed by atoms with Gasteiger partial charge >= 0.3 is 6.03 Å². The Morgan fingerprint density at radius 1 is 1.36 bits per heavy atom. The van der Waals surface area contributed by atoms with Gasteiger partial charge in [0.15, 0.2) is 0 Å². The van der Waals surface area contributed by atoms with Crippen molar-refractivity contribution in [3.63, 3.8) is 0 Å². The number of hydrogen-bond acceptors (Lipinski definition) is 4. The minimum absolute atomic E-state index is 0.0478. The highest BCUT2D eigenvalue weighted by Crippen LogP contribution is 2.31. The van der Waals surface area contributed by atoms with Crippen molar-refractivity contribution in [2.45, 2.75) is 32.9 Å². The van der Waals surface area contributed by atoms with Crippen LogP contribution in [-0.2, 0) is 11.3 Å². The highest BCUT2D eigenvalue weighted by atomic mass is 16.2. The number of nitrogens with zero attached hydrogens (tertiary/aromatic N) is 3. The molecule has 7 nitrogen and oxygen atoms in total. The van der Waals surface area contributed by atoms with Crippen molar-refractivity contribution >= 4 is 11.9 Å². The molecule has 2 saturated heterocycles. The third kappa shape index (κ3) is 4.48. The number of carbonyl (C=O) groups excluding carboxylic acids is 2. The first-order valence-electron chi connectivity index (χ1n) is 8.90. The lowest BCUT2D eigenvalue weighted by atomic mass is 9.86. The molecule has 0 radical (unpaired) electrons. The van der Waals surface area contributed by atoms with Crippen LogP contribution in [0.2, 0.25) is 0 Å². The Morgan fingerprint density at radius 3 is 2.84 bits per heavy atom. The molecule has 0 bridgehead atoms. The largest absolute Gasteiger partial charge is 0.355 e. The van der Waals surface area contributed by atoms with Gasteiger partial charge in [-0.05, 0) is 26.0 Å². The Bertz CT molecular complexity index is 621. The highest BCUT2D eigenvalue weighted by Gasteiger charge is 2.43. The van der Waals surface area contributed by atoms with Crippen LogP contribution in [0.5, 0.6) is 0 Å². The van der Waals surface area contributed by atoms with E-state index in [2.05, 4.69) is 20.5 Å². The molecule has 1 aromatic rings. The molecule has 3 rings (SSSR count). The molecule has 7 heteroatoms. The first-order chi connectivity index (χ1) is 12.0. The average molecular weight is 345 g/mol. The molecule has 136 valence electrons. The van der Waals surface area contributed by atoms with Crippen LogP contribution in [-0.4, -0.2) is 65.5 Å². The lowest BCUT2D eigenvalue weighted by molar-refractivity contribution is -0.119. The smallest absolute Gasteiger partial charge is 0.317 e. The number of carbonyl (C=O) groups is 2. The second kappa shape index (κ2) is 7.39. The predicted molar refractivity (Wildman–Crippen MR) is 94.8 cm³/mol. The fourth-order valence-corrected chi connectivity index (χ4v) is 3.69. The summed E-state index contributed by atoms with van der Waals surface area (Å²) in [6.07, 6.45) is 2.27. The Kier molecular flexibility index (Phi) is 5.22. The summed E-state index contributed by atoms with van der Waals surface area (Å²) in [5.41, 5.74) is 0.784. The first-order valence-corrected chi connectivity index (χ1v) is 8.90. The van der Waals surface area contributed by atoms with Gasteiger partial charge in [0.25, 0.3) is 0 Å². The van der Waals surface area contributed by atoms with E-state index in [9.17, 15) is 9.59 Å². The van der Waals surface area contributed by atoms with E-state index in [1.54, 1.807) is 6.20 Å². The van der Waals surface area contributed by atoms with Crippen molar-refractivity contribution in [2.24, 2.45) is 5.41 Å². The van der Waals surface area contributed by atoms with Gasteiger partial charge in [0, 0.05) is 63.3 Å². The van der Waals surface area contributed by atoms with Gasteiger partial charge in [0.1, 0.15) is 0 Å². The van der Waals surface area contributed by atoms with Gasteiger partial charge < -0.3 is 15.5 Å². The van der Waals surface area contributed by atoms with E-state index in [1.165, 1.54) is 0 Å². The van der Waals surface area contributed by atoms with E-state index in [-0.39, 0.29) is 23.4 Å². The second-order valence-corrected chi connectivity index (χ2v) is 7.51. The number of amides is 3. The van der Waals surface area contributed by atoms with E-state index in [0.29, 0.717) is 26.1 Å². The van der Waals surface area contributed by atoms with E-state index < -0.39 is 0 Å². The topological polar surface area (TPSA) is 77.6 Å². The summed E-state index contributed by atoms with van der Waals surface area (Å²) < 4.78 is 0. The number of pyridine rings is 1. The minimum atomic E-state index is -0.226. The van der Waals surface area contributed by atoms with Crippen molar-refractivity contribution in [2.75, 3.05) is 32.7 Å². The van der Waals surface area contributed by atoms with Crippen molar-refractivity contribution in [3.8, 4) is 0 Å². The van der Waals surface area contributed by atoms with Crippen LogP contribution in [0.4, 0.5) is 4.79 Å². The van der Waals surface area contributed by atoms with Crippen LogP contribution in [0.15, 0.2) is 24.4 Å². The molecule has 0 unspecified atom stereocenters. The van der Waals surface area contributed by atoms with Crippen LogP contribution in [0, 0.1) is 5.41 Å². The summed E-state index contributed by atoms with van der Waals surface area (Å²) in [6.45, 7) is 8.08. The minimum Gasteiger partial charge on any atom is -0.355 e. The molecule has 1 spiro atoms. The second-order valence-electron chi connectivity index (χ2n) is 7.51. The van der Waals surface area contributed by atoms with Gasteiger partial charge in [-0.15, -0.1) is 0 Å². The van der Waals surface area contributed by atoms with Crippen LogP contribution in [0.1, 0.15) is 26.0 Å². The monoisotopic (exact) mass is 345 g/mol. The number of hydrogen-bond donors (Lipinski definition) is 2. The van der Waals surface area contributed by atoms with Crippen LogP contribution in [0.25, 0.3) is 0 Å². The van der Waals surface area contributed by atoms with Crippen molar-refractivity contribution in [1.82, 2.24) is 25.4 Å².